The van der Waals surface area contributed by atoms with Gasteiger partial charge in [0.1, 0.15) is 39.7 Å². The van der Waals surface area contributed by atoms with Crippen molar-refractivity contribution >= 4 is 16.9 Å². The van der Waals surface area contributed by atoms with Crippen LogP contribution in [0.25, 0.3) is 22.3 Å². The summed E-state index contributed by atoms with van der Waals surface area (Å²) in [5, 5.41) is 30.6. The number of phenols is 3. The zero-order valence-corrected chi connectivity index (χ0v) is 23.8. The first-order valence-electron chi connectivity index (χ1n) is 14.3. The van der Waals surface area contributed by atoms with Crippen LogP contribution in [0, 0.1) is 6.92 Å². The molecule has 0 bridgehead atoms. The number of ether oxygens (including phenoxy) is 3. The Hall–Kier alpha value is -5.44. The van der Waals surface area contributed by atoms with Gasteiger partial charge in [0.05, 0.1) is 19.6 Å². The highest BCUT2D eigenvalue weighted by Gasteiger charge is 2.34. The molecule has 9 nitrogen and oxygen atoms in total. The van der Waals surface area contributed by atoms with E-state index >= 15 is 0 Å². The molecular weight excluding hydrogens is 564 g/mol. The van der Waals surface area contributed by atoms with E-state index in [9.17, 15) is 24.9 Å². The lowest BCUT2D eigenvalue weighted by Crippen LogP contribution is -2.22. The van der Waals surface area contributed by atoms with E-state index in [0.717, 1.165) is 30.8 Å². The average Bonchev–Trinajstić information content (AvgIpc) is 3.48. The fraction of sp³-hybridized carbons (Fsp3) is 0.200. The minimum atomic E-state index is -0.538. The van der Waals surface area contributed by atoms with Crippen molar-refractivity contribution in [2.24, 2.45) is 0 Å². The Kier molecular flexibility index (Phi) is 6.65. The van der Waals surface area contributed by atoms with Gasteiger partial charge in [0.25, 0.3) is 0 Å². The molecule has 2 aliphatic rings. The van der Waals surface area contributed by atoms with E-state index in [0.29, 0.717) is 23.5 Å². The Morgan fingerprint density at radius 2 is 1.70 bits per heavy atom. The van der Waals surface area contributed by atoms with Crippen molar-refractivity contribution < 1.29 is 38.7 Å². The number of carbonyl (C=O) groups is 1. The van der Waals surface area contributed by atoms with Gasteiger partial charge in [0.2, 0.25) is 0 Å². The molecule has 222 valence electrons. The number of hydrogen-bond donors (Lipinski definition) is 3. The number of esters is 1. The van der Waals surface area contributed by atoms with E-state index in [4.69, 9.17) is 18.6 Å². The van der Waals surface area contributed by atoms with Gasteiger partial charge >= 0.3 is 5.97 Å². The Morgan fingerprint density at radius 3 is 2.50 bits per heavy atom. The smallest absolute Gasteiger partial charge is 0.312 e. The summed E-state index contributed by atoms with van der Waals surface area (Å²) in [4.78, 5) is 26.2. The zero-order chi connectivity index (χ0) is 30.5. The fourth-order valence-corrected chi connectivity index (χ4v) is 5.98. The summed E-state index contributed by atoms with van der Waals surface area (Å²) in [6.45, 7) is 2.76. The fourth-order valence-electron chi connectivity index (χ4n) is 5.98. The summed E-state index contributed by atoms with van der Waals surface area (Å²) in [5.41, 5.74) is 3.79. The predicted octanol–water partition coefficient (Wildman–Crippen LogP) is 5.88. The number of benzene rings is 4. The second-order valence-corrected chi connectivity index (χ2v) is 11.0. The van der Waals surface area contributed by atoms with Crippen LogP contribution in [-0.2, 0) is 17.6 Å². The summed E-state index contributed by atoms with van der Waals surface area (Å²) in [6, 6.07) is 19.0. The molecule has 1 atom stereocenters. The molecule has 0 unspecified atom stereocenters. The van der Waals surface area contributed by atoms with E-state index < -0.39 is 17.3 Å². The van der Waals surface area contributed by atoms with Crippen LogP contribution in [0.15, 0.2) is 75.9 Å². The molecule has 7 rings (SSSR count). The average molecular weight is 593 g/mol. The minimum Gasteiger partial charge on any atom is -0.507 e. The van der Waals surface area contributed by atoms with E-state index in [-0.39, 0.29) is 51.7 Å². The molecular formula is C35H28O9. The van der Waals surface area contributed by atoms with Crippen molar-refractivity contribution in [1.29, 1.82) is 0 Å². The second-order valence-electron chi connectivity index (χ2n) is 11.0. The van der Waals surface area contributed by atoms with Crippen LogP contribution in [0.5, 0.6) is 34.5 Å². The van der Waals surface area contributed by atoms with Crippen molar-refractivity contribution in [1.82, 2.24) is 0 Å². The first-order valence-corrected chi connectivity index (χ1v) is 14.3. The van der Waals surface area contributed by atoms with Gasteiger partial charge < -0.3 is 33.9 Å². The molecule has 0 spiro atoms. The van der Waals surface area contributed by atoms with Crippen LogP contribution >= 0.6 is 0 Å². The van der Waals surface area contributed by atoms with Crippen LogP contribution in [0.4, 0.5) is 0 Å². The molecule has 1 aromatic heterocycles. The third kappa shape index (κ3) is 4.76. The number of carbonyl (C=O) groups excluding carboxylic acids is 1. The summed E-state index contributed by atoms with van der Waals surface area (Å²) in [7, 11) is 0. The molecule has 3 N–H and O–H groups in total. The van der Waals surface area contributed by atoms with E-state index in [1.54, 1.807) is 6.92 Å². The van der Waals surface area contributed by atoms with Crippen molar-refractivity contribution in [2.75, 3.05) is 13.2 Å². The normalized spacial score (nSPS) is 15.4. The maximum Gasteiger partial charge on any atom is 0.312 e. The Morgan fingerprint density at radius 1 is 0.886 bits per heavy atom. The van der Waals surface area contributed by atoms with Gasteiger partial charge in [-0.1, -0.05) is 24.3 Å². The quantitative estimate of drug-likeness (QED) is 0.125. The second kappa shape index (κ2) is 10.7. The predicted molar refractivity (Wildman–Crippen MR) is 161 cm³/mol. The lowest BCUT2D eigenvalue weighted by molar-refractivity contribution is -0.135. The molecule has 0 radical (unpaired) electrons. The molecule has 3 heterocycles. The molecule has 44 heavy (non-hydrogen) atoms. The lowest BCUT2D eigenvalue weighted by Gasteiger charge is -2.26. The Balaban J connectivity index is 1.22. The van der Waals surface area contributed by atoms with E-state index in [1.807, 2.05) is 36.4 Å². The topological polar surface area (TPSA) is 136 Å². The molecule has 9 heteroatoms. The van der Waals surface area contributed by atoms with Gasteiger partial charge in [-0.05, 0) is 60.0 Å². The lowest BCUT2D eigenvalue weighted by atomic mass is 9.85. The first-order chi connectivity index (χ1) is 21.3. The van der Waals surface area contributed by atoms with Crippen LogP contribution < -0.4 is 19.6 Å². The molecule has 4 aromatic carbocycles. The number of phenolic OH excluding ortho intramolecular Hbond substituents is 3. The van der Waals surface area contributed by atoms with Gasteiger partial charge in [-0.2, -0.15) is 0 Å². The Bertz CT molecular complexity index is 2010. The number of fused-ring (bicyclic) bond motifs is 4. The minimum absolute atomic E-state index is 0.0119. The van der Waals surface area contributed by atoms with Crippen LogP contribution in [0.1, 0.15) is 40.2 Å². The standard InChI is InChI=1S/C35H28O9/c1-18-33(40)32-27(38)17-29-31(35(32)44-34(18)22-5-8-25(36)26(37)15-22)24(16-30(39)43-29)20-3-6-23(7-4-20)41-12-10-19-2-9-28-21(14-19)11-13-42-28/h2-9,14-15,17,24,36-38H,10-13,16H2,1H3/t24-/m1/s1. The maximum atomic E-state index is 13.5. The highest BCUT2D eigenvalue weighted by atomic mass is 16.5. The van der Waals surface area contributed by atoms with Gasteiger partial charge in [-0.3, -0.25) is 9.59 Å². The molecule has 0 aliphatic carbocycles. The van der Waals surface area contributed by atoms with Crippen molar-refractivity contribution in [3.63, 3.8) is 0 Å². The van der Waals surface area contributed by atoms with Gasteiger partial charge in [0, 0.05) is 41.5 Å². The molecule has 0 amide bonds. The van der Waals surface area contributed by atoms with Crippen LogP contribution in [0.3, 0.4) is 0 Å². The van der Waals surface area contributed by atoms with Crippen LogP contribution in [-0.4, -0.2) is 34.5 Å². The molecule has 0 fully saturated rings. The highest BCUT2D eigenvalue weighted by molar-refractivity contribution is 5.93. The van der Waals surface area contributed by atoms with E-state index in [2.05, 4.69) is 6.07 Å². The van der Waals surface area contributed by atoms with Crippen molar-refractivity contribution in [3.05, 3.63) is 105 Å². The number of aromatic hydroxyl groups is 3. The number of rotatable bonds is 6. The Labute approximate surface area is 251 Å². The largest absolute Gasteiger partial charge is 0.507 e. The monoisotopic (exact) mass is 592 g/mol. The summed E-state index contributed by atoms with van der Waals surface area (Å²) < 4.78 is 23.4. The molecule has 5 aromatic rings. The highest BCUT2D eigenvalue weighted by Crippen LogP contribution is 2.47. The summed E-state index contributed by atoms with van der Waals surface area (Å²) in [6.07, 6.45) is 1.65. The van der Waals surface area contributed by atoms with Gasteiger partial charge in [-0.25, -0.2) is 0 Å². The molecule has 2 aliphatic heterocycles. The third-order valence-electron chi connectivity index (χ3n) is 8.25. The van der Waals surface area contributed by atoms with Crippen molar-refractivity contribution in [3.8, 4) is 45.8 Å². The third-order valence-corrected chi connectivity index (χ3v) is 8.25. The SMILES string of the molecule is Cc1c(-c2ccc(O)c(O)c2)oc2c3c(cc(O)c2c1=O)OC(=O)C[C@@H]3c1ccc(OCCc2ccc3c(c2)CCO3)cc1. The van der Waals surface area contributed by atoms with Crippen LogP contribution in [0.2, 0.25) is 0 Å². The molecule has 0 saturated carbocycles. The first kappa shape index (κ1) is 27.4. The summed E-state index contributed by atoms with van der Waals surface area (Å²) in [5.74, 6) is -0.215. The van der Waals surface area contributed by atoms with Gasteiger partial charge in [-0.15, -0.1) is 0 Å². The maximum absolute atomic E-state index is 13.5. The van der Waals surface area contributed by atoms with Gasteiger partial charge in [0.15, 0.2) is 16.9 Å². The number of hydrogen-bond acceptors (Lipinski definition) is 9. The summed E-state index contributed by atoms with van der Waals surface area (Å²) >= 11 is 0. The molecule has 0 saturated heterocycles. The van der Waals surface area contributed by atoms with Crippen molar-refractivity contribution in [2.45, 2.75) is 32.1 Å². The van der Waals surface area contributed by atoms with E-state index in [1.165, 1.54) is 35.4 Å². The zero-order valence-electron chi connectivity index (χ0n) is 23.8.